The van der Waals surface area contributed by atoms with E-state index in [0.717, 1.165) is 74.0 Å². The van der Waals surface area contributed by atoms with Crippen LogP contribution < -0.4 is 14.4 Å². The molecule has 47 heavy (non-hydrogen) atoms. The maximum absolute atomic E-state index is 12.6. The molecule has 228 valence electrons. The number of carbonyl (C=O) groups is 2. The van der Waals surface area contributed by atoms with E-state index >= 15 is 0 Å². The number of carbonyl (C=O) groups excluding carboxylic acids is 2. The van der Waals surface area contributed by atoms with Gasteiger partial charge in [0, 0.05) is 62.8 Å². The highest BCUT2D eigenvalue weighted by atomic mass is 16.5. The Morgan fingerprint density at radius 2 is 1.32 bits per heavy atom. The molecule has 6 aromatic rings. The molecule has 5 heteroatoms. The summed E-state index contributed by atoms with van der Waals surface area (Å²) in [5, 5.41) is 3.65. The smallest absolute Gasteiger partial charge is 0.234 e. The summed E-state index contributed by atoms with van der Waals surface area (Å²) in [6.45, 7) is 2.17. The molecule has 0 amide bonds. The van der Waals surface area contributed by atoms with E-state index in [0.29, 0.717) is 11.1 Å². The van der Waals surface area contributed by atoms with Crippen LogP contribution in [0.15, 0.2) is 115 Å². The predicted molar refractivity (Wildman–Crippen MR) is 187 cm³/mol. The van der Waals surface area contributed by atoms with E-state index in [1.165, 1.54) is 18.5 Å². The van der Waals surface area contributed by atoms with E-state index in [4.69, 9.17) is 9.47 Å². The third-order valence-corrected chi connectivity index (χ3v) is 10.1. The lowest BCUT2D eigenvalue weighted by molar-refractivity contribution is 0.0825. The molecule has 0 spiro atoms. The Kier molecular flexibility index (Phi) is 6.13. The molecule has 1 saturated heterocycles. The number of fused-ring (bicyclic) bond motifs is 3. The van der Waals surface area contributed by atoms with Crippen LogP contribution in [-0.4, -0.2) is 31.8 Å². The second kappa shape index (κ2) is 10.4. The minimum Gasteiger partial charge on any atom is -0.496 e. The molecule has 5 nitrogen and oxygen atoms in total. The predicted octanol–water partition coefficient (Wildman–Crippen LogP) is 9.00. The lowest BCUT2D eigenvalue weighted by Crippen LogP contribution is -2.34. The van der Waals surface area contributed by atoms with Gasteiger partial charge < -0.3 is 14.4 Å². The summed E-state index contributed by atoms with van der Waals surface area (Å²) >= 11 is 0. The zero-order valence-corrected chi connectivity index (χ0v) is 26.0. The fraction of sp³-hybridized carbons (Fsp3) is 0.143. The van der Waals surface area contributed by atoms with Crippen molar-refractivity contribution >= 4 is 44.9 Å². The van der Waals surface area contributed by atoms with Crippen LogP contribution in [0, 0.1) is 0 Å². The Morgan fingerprint density at radius 3 is 2.04 bits per heavy atom. The third kappa shape index (κ3) is 4.09. The van der Waals surface area contributed by atoms with Crippen LogP contribution in [0.25, 0.3) is 38.7 Å². The standard InChI is InChI=1S/C42H31NO4/c1-46-37-25-27-21-22-42(47-41(27)34-8-3-2-7-32(34)37,29-15-17-30(18-16-29)43-23-4-5-24-43)28-13-11-26(12-14-28)31-19-20-36-38-33(31)9-6-10-35(38)39(44)40(36)45/h2-3,6-22,25H,4-5,23-24H2,1H3. The van der Waals surface area contributed by atoms with Gasteiger partial charge in [-0.25, -0.2) is 0 Å². The summed E-state index contributed by atoms with van der Waals surface area (Å²) in [5.74, 6) is 0.775. The Bertz CT molecular complexity index is 2280. The topological polar surface area (TPSA) is 55.8 Å². The number of anilines is 1. The van der Waals surface area contributed by atoms with Crippen molar-refractivity contribution in [3.8, 4) is 22.6 Å². The molecule has 3 aliphatic rings. The summed E-state index contributed by atoms with van der Waals surface area (Å²) < 4.78 is 13.0. The minimum atomic E-state index is -0.882. The first-order valence-electron chi connectivity index (χ1n) is 16.1. The molecule has 2 aliphatic heterocycles. The van der Waals surface area contributed by atoms with Crippen molar-refractivity contribution in [2.75, 3.05) is 25.1 Å². The highest BCUT2D eigenvalue weighted by Crippen LogP contribution is 2.48. The normalized spacial score (nSPS) is 18.2. The number of methoxy groups -OCH3 is 1. The molecule has 0 aromatic heterocycles. The van der Waals surface area contributed by atoms with Gasteiger partial charge in [-0.1, -0.05) is 91.0 Å². The van der Waals surface area contributed by atoms with E-state index < -0.39 is 17.2 Å². The molecular formula is C42H31NO4. The Balaban J connectivity index is 1.19. The Hall–Kier alpha value is -5.68. The molecule has 2 heterocycles. The molecule has 0 bridgehead atoms. The van der Waals surface area contributed by atoms with Crippen molar-refractivity contribution in [2.45, 2.75) is 18.4 Å². The van der Waals surface area contributed by atoms with E-state index in [9.17, 15) is 9.59 Å². The van der Waals surface area contributed by atoms with Gasteiger partial charge in [0.05, 0.1) is 7.11 Å². The molecule has 0 radical (unpaired) electrons. The van der Waals surface area contributed by atoms with Gasteiger partial charge in [0.2, 0.25) is 11.6 Å². The molecular weight excluding hydrogens is 582 g/mol. The van der Waals surface area contributed by atoms with E-state index in [2.05, 4.69) is 77.7 Å². The van der Waals surface area contributed by atoms with Gasteiger partial charge in [0.1, 0.15) is 11.5 Å². The number of rotatable bonds is 5. The lowest BCUT2D eigenvalue weighted by atomic mass is 9.82. The first-order valence-corrected chi connectivity index (χ1v) is 16.1. The summed E-state index contributed by atoms with van der Waals surface area (Å²) in [6.07, 6.45) is 6.75. The molecule has 0 saturated carbocycles. The molecule has 9 rings (SSSR count). The van der Waals surface area contributed by atoms with Crippen molar-refractivity contribution in [1.29, 1.82) is 0 Å². The van der Waals surface area contributed by atoms with Crippen LogP contribution in [0.4, 0.5) is 5.69 Å². The minimum absolute atomic E-state index is 0.428. The van der Waals surface area contributed by atoms with Crippen molar-refractivity contribution in [1.82, 2.24) is 0 Å². The summed E-state index contributed by atoms with van der Waals surface area (Å²) in [7, 11) is 1.70. The average Bonchev–Trinajstić information content (AvgIpc) is 3.76. The van der Waals surface area contributed by atoms with Crippen molar-refractivity contribution in [3.63, 3.8) is 0 Å². The number of ether oxygens (including phenoxy) is 2. The number of benzene rings is 6. The maximum atomic E-state index is 12.6. The third-order valence-electron chi connectivity index (χ3n) is 10.1. The van der Waals surface area contributed by atoms with E-state index in [-0.39, 0.29) is 0 Å². The Morgan fingerprint density at radius 1 is 0.681 bits per heavy atom. The van der Waals surface area contributed by atoms with Crippen molar-refractivity contribution in [3.05, 3.63) is 143 Å². The van der Waals surface area contributed by atoms with E-state index in [1.54, 1.807) is 19.2 Å². The number of Topliss-reactive ketones (excluding diaryl/α,β-unsaturated/α-hetero) is 2. The fourth-order valence-electron chi connectivity index (χ4n) is 7.70. The highest BCUT2D eigenvalue weighted by Gasteiger charge is 2.38. The van der Waals surface area contributed by atoms with Crippen LogP contribution in [0.5, 0.6) is 11.5 Å². The van der Waals surface area contributed by atoms with Gasteiger partial charge in [-0.3, -0.25) is 9.59 Å². The summed E-state index contributed by atoms with van der Waals surface area (Å²) in [4.78, 5) is 27.7. The van der Waals surface area contributed by atoms with Crippen LogP contribution >= 0.6 is 0 Å². The summed E-state index contributed by atoms with van der Waals surface area (Å²) in [5.41, 5.74) is 6.31. The van der Waals surface area contributed by atoms with Crippen LogP contribution in [-0.2, 0) is 5.60 Å². The lowest BCUT2D eigenvalue weighted by Gasteiger charge is -2.37. The van der Waals surface area contributed by atoms with Crippen LogP contribution in [0.3, 0.4) is 0 Å². The van der Waals surface area contributed by atoms with Crippen LogP contribution in [0.1, 0.15) is 50.2 Å². The highest BCUT2D eigenvalue weighted by molar-refractivity contribution is 6.57. The van der Waals surface area contributed by atoms with Gasteiger partial charge in [-0.15, -0.1) is 0 Å². The maximum Gasteiger partial charge on any atom is 0.234 e. The quantitative estimate of drug-likeness (QED) is 0.182. The van der Waals surface area contributed by atoms with Gasteiger partial charge in [0.25, 0.3) is 0 Å². The average molecular weight is 614 g/mol. The van der Waals surface area contributed by atoms with Crippen molar-refractivity contribution < 1.29 is 19.1 Å². The number of nitrogens with zero attached hydrogens (tertiary/aromatic N) is 1. The fourth-order valence-corrected chi connectivity index (χ4v) is 7.70. The second-order valence-corrected chi connectivity index (χ2v) is 12.6. The summed E-state index contributed by atoms with van der Waals surface area (Å²) in [6, 6.07) is 36.9. The second-order valence-electron chi connectivity index (χ2n) is 12.6. The first-order chi connectivity index (χ1) is 23.1. The molecule has 1 fully saturated rings. The molecule has 1 aliphatic carbocycles. The molecule has 1 unspecified atom stereocenters. The zero-order chi connectivity index (χ0) is 31.7. The van der Waals surface area contributed by atoms with Crippen molar-refractivity contribution in [2.24, 2.45) is 0 Å². The van der Waals surface area contributed by atoms with Gasteiger partial charge in [-0.05, 0) is 59.7 Å². The SMILES string of the molecule is COc1cc2c(c3ccccc13)OC(c1ccc(-c3ccc4c5c(cccc35)C(=O)C4=O)cc1)(c1ccc(N3CCCC3)cc1)C=C2. The van der Waals surface area contributed by atoms with Gasteiger partial charge in [0.15, 0.2) is 5.60 Å². The van der Waals surface area contributed by atoms with Gasteiger partial charge >= 0.3 is 0 Å². The largest absolute Gasteiger partial charge is 0.496 e. The van der Waals surface area contributed by atoms with E-state index in [1.807, 2.05) is 36.4 Å². The molecule has 0 N–H and O–H groups in total. The first kappa shape index (κ1) is 27.6. The van der Waals surface area contributed by atoms with Crippen LogP contribution in [0.2, 0.25) is 0 Å². The zero-order valence-electron chi connectivity index (χ0n) is 26.0. The number of hydrogen-bond donors (Lipinski definition) is 0. The number of hydrogen-bond acceptors (Lipinski definition) is 5. The molecule has 1 atom stereocenters. The molecule has 6 aromatic carbocycles. The Labute approximate surface area is 272 Å². The van der Waals surface area contributed by atoms with Gasteiger partial charge in [-0.2, -0.15) is 0 Å². The number of ketones is 2. The monoisotopic (exact) mass is 613 g/mol.